The second-order valence-corrected chi connectivity index (χ2v) is 11.6. The van der Waals surface area contributed by atoms with E-state index >= 15 is 0 Å². The molecule has 1 aromatic carbocycles. The van der Waals surface area contributed by atoms with E-state index in [2.05, 4.69) is 10.6 Å². The second-order valence-electron chi connectivity index (χ2n) is 7.27. The largest absolute Gasteiger partial charge is 0.379 e. The van der Waals surface area contributed by atoms with Crippen molar-refractivity contribution in [2.24, 2.45) is 0 Å². The lowest BCUT2D eigenvalue weighted by Crippen LogP contribution is -2.40. The Balaban J connectivity index is 1.26. The molecule has 180 valence electrons. The summed E-state index contributed by atoms with van der Waals surface area (Å²) in [5, 5.41) is 7.83. The molecule has 2 amide bonds. The van der Waals surface area contributed by atoms with Crippen molar-refractivity contribution in [2.75, 3.05) is 44.7 Å². The smallest absolute Gasteiger partial charge is 0.293 e. The first-order valence-electron chi connectivity index (χ1n) is 10.4. The third kappa shape index (κ3) is 5.85. The summed E-state index contributed by atoms with van der Waals surface area (Å²) in [5.41, 5.74) is 0.614. The van der Waals surface area contributed by atoms with Gasteiger partial charge in [0.2, 0.25) is 10.0 Å². The van der Waals surface area contributed by atoms with E-state index in [-0.39, 0.29) is 29.1 Å². The number of morpholine rings is 1. The van der Waals surface area contributed by atoms with E-state index in [4.69, 9.17) is 17.0 Å². The Labute approximate surface area is 211 Å². The minimum atomic E-state index is -3.56. The maximum absolute atomic E-state index is 12.7. The van der Waals surface area contributed by atoms with Gasteiger partial charge in [-0.2, -0.15) is 4.31 Å². The molecule has 2 aliphatic rings. The molecule has 0 unspecified atom stereocenters. The number of hydrogen-bond donors (Lipinski definition) is 2. The summed E-state index contributed by atoms with van der Waals surface area (Å²) in [4.78, 5) is 27.4. The van der Waals surface area contributed by atoms with Crippen molar-refractivity contribution >= 4 is 73.4 Å². The number of thiocarbonyl (C=S) groups is 1. The number of carbonyl (C=O) groups excluding carboxylic acids is 2. The number of nitrogens with zero attached hydrogens (tertiary/aromatic N) is 2. The van der Waals surface area contributed by atoms with Gasteiger partial charge in [-0.1, -0.05) is 6.07 Å². The van der Waals surface area contributed by atoms with Gasteiger partial charge < -0.3 is 15.4 Å². The maximum Gasteiger partial charge on any atom is 0.293 e. The number of benzene rings is 1. The fourth-order valence-electron chi connectivity index (χ4n) is 3.30. The number of sulfonamides is 1. The number of imide groups is 1. The van der Waals surface area contributed by atoms with E-state index in [1.54, 1.807) is 18.2 Å². The number of rotatable bonds is 7. The number of carbonyl (C=O) groups is 2. The fraction of sp³-hybridized carbons (Fsp3) is 0.286. The van der Waals surface area contributed by atoms with Gasteiger partial charge in [-0.15, -0.1) is 11.3 Å². The molecule has 2 N–H and O–H groups in total. The van der Waals surface area contributed by atoms with Crippen molar-refractivity contribution in [1.29, 1.82) is 0 Å². The Bertz CT molecular complexity index is 1190. The van der Waals surface area contributed by atoms with Crippen LogP contribution in [0, 0.1) is 0 Å². The van der Waals surface area contributed by atoms with E-state index in [9.17, 15) is 18.0 Å². The summed E-state index contributed by atoms with van der Waals surface area (Å²) in [6.07, 6.45) is 1.72. The highest BCUT2D eigenvalue weighted by atomic mass is 32.2. The standard InChI is InChI=1S/C21H22N4O5S4/c26-19-18(14-16-2-1-13-32-16)33-21(27)25(19)8-7-22-20(31)23-15-3-5-17(6-4-15)34(28,29)24-9-11-30-12-10-24/h1-6,13-14H,7-12H2,(H2,22,23,31). The van der Waals surface area contributed by atoms with Crippen LogP contribution in [-0.2, 0) is 19.6 Å². The number of nitrogens with one attached hydrogen (secondary N) is 2. The zero-order valence-electron chi connectivity index (χ0n) is 17.9. The Morgan fingerprint density at radius 2 is 1.88 bits per heavy atom. The normalized spacial score (nSPS) is 18.5. The molecule has 9 nitrogen and oxygen atoms in total. The molecule has 4 rings (SSSR count). The lowest BCUT2D eigenvalue weighted by Gasteiger charge is -2.26. The highest BCUT2D eigenvalue weighted by Crippen LogP contribution is 2.32. The minimum absolute atomic E-state index is 0.172. The second kappa shape index (κ2) is 11.0. The van der Waals surface area contributed by atoms with Crippen LogP contribution in [0.25, 0.3) is 6.08 Å². The number of ether oxygens (including phenoxy) is 1. The predicted octanol–water partition coefficient (Wildman–Crippen LogP) is 2.79. The summed E-state index contributed by atoms with van der Waals surface area (Å²) in [6, 6.07) is 10.1. The first-order valence-corrected chi connectivity index (χ1v) is 13.9. The lowest BCUT2D eigenvalue weighted by molar-refractivity contribution is -0.122. The molecular formula is C21H22N4O5S4. The molecule has 34 heavy (non-hydrogen) atoms. The predicted molar refractivity (Wildman–Crippen MR) is 137 cm³/mol. The molecule has 2 saturated heterocycles. The van der Waals surface area contributed by atoms with Crippen molar-refractivity contribution in [3.05, 3.63) is 51.6 Å². The number of hydrogen-bond acceptors (Lipinski definition) is 8. The van der Waals surface area contributed by atoms with Crippen LogP contribution in [0.1, 0.15) is 4.88 Å². The van der Waals surface area contributed by atoms with Crippen molar-refractivity contribution < 1.29 is 22.7 Å². The Kier molecular flexibility index (Phi) is 8.01. The van der Waals surface area contributed by atoms with Crippen LogP contribution < -0.4 is 10.6 Å². The Morgan fingerprint density at radius 1 is 1.15 bits per heavy atom. The highest BCUT2D eigenvalue weighted by Gasteiger charge is 2.34. The maximum atomic E-state index is 12.7. The number of thiophene rings is 1. The number of amides is 2. The molecule has 0 bridgehead atoms. The Morgan fingerprint density at radius 3 is 2.56 bits per heavy atom. The first kappa shape index (κ1) is 24.8. The summed E-state index contributed by atoms with van der Waals surface area (Å²) in [5.74, 6) is -0.318. The zero-order chi connectivity index (χ0) is 24.1. The van der Waals surface area contributed by atoms with Crippen LogP contribution >= 0.6 is 35.3 Å². The third-order valence-corrected chi connectivity index (χ3v) is 8.92. The van der Waals surface area contributed by atoms with Crippen LogP contribution in [0.2, 0.25) is 0 Å². The number of thioether (sulfide) groups is 1. The molecule has 1 aromatic heterocycles. The Hall–Kier alpha value is -2.29. The van der Waals surface area contributed by atoms with Gasteiger partial charge in [0.1, 0.15) is 0 Å². The summed E-state index contributed by atoms with van der Waals surface area (Å²) in [7, 11) is -3.56. The lowest BCUT2D eigenvalue weighted by atomic mass is 10.3. The molecule has 13 heteroatoms. The molecule has 0 atom stereocenters. The average Bonchev–Trinajstić information content (AvgIpc) is 3.43. The minimum Gasteiger partial charge on any atom is -0.379 e. The van der Waals surface area contributed by atoms with Crippen molar-refractivity contribution in [1.82, 2.24) is 14.5 Å². The molecule has 2 fully saturated rings. The van der Waals surface area contributed by atoms with Crippen LogP contribution in [-0.4, -0.2) is 73.3 Å². The van der Waals surface area contributed by atoms with Gasteiger partial charge in [0.15, 0.2) is 5.11 Å². The van der Waals surface area contributed by atoms with E-state index in [0.29, 0.717) is 42.0 Å². The third-order valence-electron chi connectivity index (χ3n) is 5.03. The molecule has 0 aliphatic carbocycles. The zero-order valence-corrected chi connectivity index (χ0v) is 21.2. The van der Waals surface area contributed by atoms with Gasteiger partial charge in [-0.25, -0.2) is 8.42 Å². The molecule has 0 saturated carbocycles. The van der Waals surface area contributed by atoms with Crippen LogP contribution in [0.3, 0.4) is 0 Å². The van der Waals surface area contributed by atoms with Crippen molar-refractivity contribution in [3.8, 4) is 0 Å². The van der Waals surface area contributed by atoms with Gasteiger partial charge >= 0.3 is 0 Å². The van der Waals surface area contributed by atoms with E-state index < -0.39 is 10.0 Å². The topological polar surface area (TPSA) is 108 Å². The van der Waals surface area contributed by atoms with E-state index in [0.717, 1.165) is 16.6 Å². The molecule has 0 spiro atoms. The van der Waals surface area contributed by atoms with Crippen molar-refractivity contribution in [2.45, 2.75) is 4.90 Å². The van der Waals surface area contributed by atoms with Gasteiger partial charge in [0.05, 0.1) is 23.0 Å². The molecule has 2 aromatic rings. The van der Waals surface area contributed by atoms with Crippen LogP contribution in [0.5, 0.6) is 0 Å². The van der Waals surface area contributed by atoms with Crippen LogP contribution in [0.15, 0.2) is 51.6 Å². The SMILES string of the molecule is O=C1SC(=Cc2cccs2)C(=O)N1CCNC(=S)Nc1ccc(S(=O)(=O)N2CCOCC2)cc1. The summed E-state index contributed by atoms with van der Waals surface area (Å²) in [6.45, 7) is 1.89. The van der Waals surface area contributed by atoms with E-state index in [1.165, 1.54) is 32.7 Å². The molecule has 3 heterocycles. The molecule has 0 radical (unpaired) electrons. The average molecular weight is 539 g/mol. The van der Waals surface area contributed by atoms with E-state index in [1.807, 2.05) is 17.5 Å². The quantitative estimate of drug-likeness (QED) is 0.406. The summed E-state index contributed by atoms with van der Waals surface area (Å²) < 4.78 is 32.0. The number of anilines is 1. The van der Waals surface area contributed by atoms with Gasteiger partial charge in [-0.05, 0) is 65.8 Å². The first-order chi connectivity index (χ1) is 16.3. The summed E-state index contributed by atoms with van der Waals surface area (Å²) >= 11 is 7.70. The van der Waals surface area contributed by atoms with Gasteiger partial charge in [0, 0.05) is 36.7 Å². The monoisotopic (exact) mass is 538 g/mol. The van der Waals surface area contributed by atoms with Gasteiger partial charge in [-0.3, -0.25) is 14.5 Å². The molecule has 2 aliphatic heterocycles. The van der Waals surface area contributed by atoms with Gasteiger partial charge in [0.25, 0.3) is 11.1 Å². The molecular weight excluding hydrogens is 517 g/mol. The highest BCUT2D eigenvalue weighted by molar-refractivity contribution is 8.18. The van der Waals surface area contributed by atoms with Crippen LogP contribution in [0.4, 0.5) is 10.5 Å². The fourth-order valence-corrected chi connectivity index (χ4v) is 6.51. The van der Waals surface area contributed by atoms with Crippen molar-refractivity contribution in [3.63, 3.8) is 0 Å².